The van der Waals surface area contributed by atoms with Gasteiger partial charge in [-0.1, -0.05) is 18.2 Å². The highest BCUT2D eigenvalue weighted by Gasteiger charge is 2.51. The molecule has 4 saturated carbocycles. The molecule has 6 heteroatoms. The number of carbonyl (C=O) groups excluding carboxylic acids is 2. The quantitative estimate of drug-likeness (QED) is 0.349. The molecule has 0 unspecified atom stereocenters. The third kappa shape index (κ3) is 4.95. The van der Waals surface area contributed by atoms with Gasteiger partial charge in [-0.15, -0.1) is 11.3 Å². The molecule has 0 radical (unpaired) electrons. The van der Waals surface area contributed by atoms with Crippen LogP contribution in [0.15, 0.2) is 71.7 Å². The van der Waals surface area contributed by atoms with Gasteiger partial charge in [-0.25, -0.2) is 0 Å². The number of ether oxygens (including phenoxy) is 1. The number of hydrogen-bond donors (Lipinski definition) is 2. The van der Waals surface area contributed by atoms with Gasteiger partial charge in [0.1, 0.15) is 11.4 Å². The molecule has 7 rings (SSSR count). The Bertz CT molecular complexity index is 1270. The fourth-order valence-electron chi connectivity index (χ4n) is 7.18. The van der Waals surface area contributed by atoms with E-state index in [0.29, 0.717) is 16.7 Å². The van der Waals surface area contributed by atoms with E-state index in [9.17, 15) is 9.59 Å². The van der Waals surface area contributed by atoms with Gasteiger partial charge in [-0.05, 0) is 121 Å². The average molecular weight is 513 g/mol. The minimum atomic E-state index is -0.349. The molecule has 2 aromatic carbocycles. The van der Waals surface area contributed by atoms with Crippen LogP contribution in [0.5, 0.6) is 5.75 Å². The van der Waals surface area contributed by atoms with E-state index in [1.807, 2.05) is 29.6 Å². The Morgan fingerprint density at radius 1 is 0.919 bits per heavy atom. The Kier molecular flexibility index (Phi) is 6.37. The molecule has 0 aliphatic heterocycles. The third-order valence-electron chi connectivity index (χ3n) is 8.47. The van der Waals surface area contributed by atoms with Crippen molar-refractivity contribution in [3.63, 3.8) is 0 Å². The second-order valence-corrected chi connectivity index (χ2v) is 12.0. The lowest BCUT2D eigenvalue weighted by atomic mass is 9.48. The van der Waals surface area contributed by atoms with E-state index in [-0.39, 0.29) is 17.5 Å². The minimum absolute atomic E-state index is 0.202. The standard InChI is InChI=1S/C31H32N2O3S/c1-36-26-10-4-23(5-11-26)29(34)33-28(16-27-3-2-12-37-27)30(35)32-25-8-6-24(7-9-25)31-17-20-13-21(18-31)15-22(14-20)19-31/h2-12,16,20-22H,13-15,17-19H2,1H3,(H,32,35)(H,33,34)/b28-16-. The number of thiophene rings is 1. The van der Waals surface area contributed by atoms with Crippen LogP contribution in [-0.4, -0.2) is 18.9 Å². The van der Waals surface area contributed by atoms with Gasteiger partial charge in [0.25, 0.3) is 11.8 Å². The van der Waals surface area contributed by atoms with Crippen LogP contribution in [0.4, 0.5) is 5.69 Å². The number of methoxy groups -OCH3 is 1. The summed E-state index contributed by atoms with van der Waals surface area (Å²) in [5, 5.41) is 7.74. The number of anilines is 1. The van der Waals surface area contributed by atoms with E-state index >= 15 is 0 Å². The van der Waals surface area contributed by atoms with Crippen LogP contribution in [0, 0.1) is 17.8 Å². The van der Waals surface area contributed by atoms with Crippen molar-refractivity contribution in [2.45, 2.75) is 43.9 Å². The predicted molar refractivity (Wildman–Crippen MR) is 148 cm³/mol. The Morgan fingerprint density at radius 2 is 1.57 bits per heavy atom. The van der Waals surface area contributed by atoms with E-state index in [2.05, 4.69) is 22.8 Å². The van der Waals surface area contributed by atoms with Crippen molar-refractivity contribution in [2.24, 2.45) is 17.8 Å². The molecule has 4 aliphatic carbocycles. The smallest absolute Gasteiger partial charge is 0.272 e. The van der Waals surface area contributed by atoms with E-state index in [4.69, 9.17) is 4.74 Å². The summed E-state index contributed by atoms with van der Waals surface area (Å²) in [6.45, 7) is 0. The van der Waals surface area contributed by atoms with Crippen LogP contribution in [-0.2, 0) is 10.2 Å². The number of benzene rings is 2. The van der Waals surface area contributed by atoms with Gasteiger partial charge in [-0.2, -0.15) is 0 Å². The molecule has 2 amide bonds. The molecule has 1 aromatic heterocycles. The molecule has 0 atom stereocenters. The van der Waals surface area contributed by atoms with E-state index in [1.54, 1.807) is 37.5 Å². The molecule has 5 nitrogen and oxygen atoms in total. The van der Waals surface area contributed by atoms with Crippen molar-refractivity contribution in [1.29, 1.82) is 0 Å². The number of carbonyl (C=O) groups is 2. The van der Waals surface area contributed by atoms with Gasteiger partial charge < -0.3 is 15.4 Å². The summed E-state index contributed by atoms with van der Waals surface area (Å²) >= 11 is 1.51. The molecular weight excluding hydrogens is 480 g/mol. The summed E-state index contributed by atoms with van der Waals surface area (Å²) in [4.78, 5) is 27.1. The lowest BCUT2D eigenvalue weighted by molar-refractivity contribution is -0.113. The molecular formula is C31H32N2O3S. The second-order valence-electron chi connectivity index (χ2n) is 11.0. The monoisotopic (exact) mass is 512 g/mol. The fraction of sp³-hybridized carbons (Fsp3) is 0.355. The van der Waals surface area contributed by atoms with E-state index < -0.39 is 0 Å². The van der Waals surface area contributed by atoms with Crippen LogP contribution < -0.4 is 15.4 Å². The highest BCUT2D eigenvalue weighted by molar-refractivity contribution is 7.10. The van der Waals surface area contributed by atoms with Gasteiger partial charge in [0, 0.05) is 16.1 Å². The third-order valence-corrected chi connectivity index (χ3v) is 9.29. The highest BCUT2D eigenvalue weighted by atomic mass is 32.1. The van der Waals surface area contributed by atoms with Crippen molar-refractivity contribution in [2.75, 3.05) is 12.4 Å². The lowest BCUT2D eigenvalue weighted by Gasteiger charge is -2.57. The SMILES string of the molecule is COc1ccc(C(=O)N/C(=C\c2cccs2)C(=O)Nc2ccc(C34CC5CC(CC(C5)C3)C4)cc2)cc1. The molecule has 3 aromatic rings. The van der Waals surface area contributed by atoms with Crippen LogP contribution >= 0.6 is 11.3 Å². The number of hydrogen-bond acceptors (Lipinski definition) is 4. The van der Waals surface area contributed by atoms with Gasteiger partial charge >= 0.3 is 0 Å². The topological polar surface area (TPSA) is 67.4 Å². The summed E-state index contributed by atoms with van der Waals surface area (Å²) in [6, 6.07) is 19.1. The highest BCUT2D eigenvalue weighted by Crippen LogP contribution is 2.60. The molecule has 0 saturated heterocycles. The maximum Gasteiger partial charge on any atom is 0.272 e. The molecule has 0 spiro atoms. The molecule has 4 fully saturated rings. The molecule has 37 heavy (non-hydrogen) atoms. The minimum Gasteiger partial charge on any atom is -0.497 e. The van der Waals surface area contributed by atoms with Crippen molar-refractivity contribution in [3.05, 3.63) is 87.7 Å². The summed E-state index contributed by atoms with van der Waals surface area (Å²) in [5.41, 5.74) is 3.13. The predicted octanol–water partition coefficient (Wildman–Crippen LogP) is 6.63. The Labute approximate surface area is 221 Å². The average Bonchev–Trinajstić information content (AvgIpc) is 3.41. The van der Waals surface area contributed by atoms with Crippen LogP contribution in [0.25, 0.3) is 6.08 Å². The zero-order valence-electron chi connectivity index (χ0n) is 21.0. The first kappa shape index (κ1) is 24.0. The van der Waals surface area contributed by atoms with Crippen LogP contribution in [0.1, 0.15) is 59.3 Å². The molecule has 4 aliphatic rings. The summed E-state index contributed by atoms with van der Waals surface area (Å²) in [5.74, 6) is 2.65. The number of amides is 2. The van der Waals surface area contributed by atoms with Crippen molar-refractivity contribution < 1.29 is 14.3 Å². The molecule has 4 bridgehead atoms. The molecule has 1 heterocycles. The first-order chi connectivity index (χ1) is 18.0. The number of nitrogens with one attached hydrogen (secondary N) is 2. The van der Waals surface area contributed by atoms with Crippen molar-refractivity contribution in [1.82, 2.24) is 5.32 Å². The largest absolute Gasteiger partial charge is 0.497 e. The first-order valence-corrected chi connectivity index (χ1v) is 14.0. The normalized spacial score (nSPS) is 26.1. The van der Waals surface area contributed by atoms with Crippen molar-refractivity contribution >= 4 is 34.9 Å². The lowest BCUT2D eigenvalue weighted by Crippen LogP contribution is -2.48. The Hall–Kier alpha value is -3.38. The fourth-order valence-corrected chi connectivity index (χ4v) is 7.84. The van der Waals surface area contributed by atoms with Gasteiger partial charge in [0.2, 0.25) is 0 Å². The zero-order chi connectivity index (χ0) is 25.4. The van der Waals surface area contributed by atoms with Crippen molar-refractivity contribution in [3.8, 4) is 5.75 Å². The maximum atomic E-state index is 13.3. The van der Waals surface area contributed by atoms with E-state index in [0.717, 1.165) is 28.3 Å². The number of rotatable bonds is 7. The summed E-state index contributed by atoms with van der Waals surface area (Å²) in [7, 11) is 1.58. The zero-order valence-corrected chi connectivity index (χ0v) is 21.9. The first-order valence-electron chi connectivity index (χ1n) is 13.1. The van der Waals surface area contributed by atoms with Crippen LogP contribution in [0.2, 0.25) is 0 Å². The van der Waals surface area contributed by atoms with E-state index in [1.165, 1.54) is 55.4 Å². The van der Waals surface area contributed by atoms with Gasteiger partial charge in [0.15, 0.2) is 0 Å². The van der Waals surface area contributed by atoms with Gasteiger partial charge in [0.05, 0.1) is 7.11 Å². The van der Waals surface area contributed by atoms with Gasteiger partial charge in [-0.3, -0.25) is 9.59 Å². The Morgan fingerprint density at radius 3 is 2.14 bits per heavy atom. The molecule has 2 N–H and O–H groups in total. The summed E-state index contributed by atoms with van der Waals surface area (Å²) in [6.07, 6.45) is 9.94. The molecule has 190 valence electrons. The maximum absolute atomic E-state index is 13.3. The summed E-state index contributed by atoms with van der Waals surface area (Å²) < 4.78 is 5.18. The van der Waals surface area contributed by atoms with Crippen LogP contribution in [0.3, 0.4) is 0 Å². The second kappa shape index (κ2) is 9.82. The Balaban J connectivity index is 1.18.